The van der Waals surface area contributed by atoms with Crippen molar-refractivity contribution in [2.75, 3.05) is 7.05 Å². The molecule has 5 heteroatoms. The second-order valence-electron chi connectivity index (χ2n) is 5.26. The molecule has 0 N–H and O–H groups in total. The van der Waals surface area contributed by atoms with Gasteiger partial charge in [-0.15, -0.1) is 0 Å². The van der Waals surface area contributed by atoms with Crippen molar-refractivity contribution in [2.24, 2.45) is 0 Å². The summed E-state index contributed by atoms with van der Waals surface area (Å²) in [5, 5.41) is 0. The molecule has 0 spiro atoms. The van der Waals surface area contributed by atoms with Crippen molar-refractivity contribution >= 4 is 5.91 Å². The molecule has 0 fully saturated rings. The predicted octanol–water partition coefficient (Wildman–Crippen LogP) is 3.88. The molecule has 0 saturated carbocycles. The van der Waals surface area contributed by atoms with Crippen LogP contribution in [0.5, 0.6) is 5.75 Å². The Labute approximate surface area is 134 Å². The molecule has 2 aromatic rings. The maximum absolute atomic E-state index is 12.1. The molecule has 0 unspecified atom stereocenters. The van der Waals surface area contributed by atoms with E-state index in [0.29, 0.717) is 19.4 Å². The van der Waals surface area contributed by atoms with E-state index < -0.39 is 6.61 Å². The van der Waals surface area contributed by atoms with E-state index in [1.54, 1.807) is 24.1 Å². The van der Waals surface area contributed by atoms with Crippen LogP contribution in [0.3, 0.4) is 0 Å². The Morgan fingerprint density at radius 2 is 1.70 bits per heavy atom. The van der Waals surface area contributed by atoms with Gasteiger partial charge in [0.1, 0.15) is 5.75 Å². The fourth-order valence-corrected chi connectivity index (χ4v) is 2.23. The summed E-state index contributed by atoms with van der Waals surface area (Å²) in [4.78, 5) is 13.8. The van der Waals surface area contributed by atoms with Gasteiger partial charge in [0, 0.05) is 20.0 Å². The van der Waals surface area contributed by atoms with Crippen LogP contribution >= 0.6 is 0 Å². The van der Waals surface area contributed by atoms with Crippen LogP contribution in [0.2, 0.25) is 0 Å². The van der Waals surface area contributed by atoms with Gasteiger partial charge in [-0.3, -0.25) is 4.79 Å². The zero-order chi connectivity index (χ0) is 16.7. The molecular formula is C18H19F2NO2. The molecule has 0 aliphatic rings. The first kappa shape index (κ1) is 16.9. The lowest BCUT2D eigenvalue weighted by Crippen LogP contribution is -2.26. The number of benzene rings is 2. The minimum Gasteiger partial charge on any atom is -0.435 e. The van der Waals surface area contributed by atoms with Crippen LogP contribution in [0.4, 0.5) is 8.78 Å². The molecule has 0 atom stereocenters. The Balaban J connectivity index is 1.83. The zero-order valence-electron chi connectivity index (χ0n) is 12.9. The van der Waals surface area contributed by atoms with Crippen molar-refractivity contribution in [3.63, 3.8) is 0 Å². The van der Waals surface area contributed by atoms with Crippen LogP contribution in [0.1, 0.15) is 17.5 Å². The van der Waals surface area contributed by atoms with E-state index in [2.05, 4.69) is 4.74 Å². The molecule has 2 aromatic carbocycles. The molecule has 0 aromatic heterocycles. The Hall–Kier alpha value is -2.43. The van der Waals surface area contributed by atoms with Crippen LogP contribution in [0.15, 0.2) is 54.6 Å². The predicted molar refractivity (Wildman–Crippen MR) is 84.3 cm³/mol. The van der Waals surface area contributed by atoms with E-state index >= 15 is 0 Å². The van der Waals surface area contributed by atoms with Crippen molar-refractivity contribution in [3.8, 4) is 5.75 Å². The van der Waals surface area contributed by atoms with Crippen molar-refractivity contribution in [1.82, 2.24) is 4.90 Å². The van der Waals surface area contributed by atoms with Crippen LogP contribution in [0, 0.1) is 0 Å². The largest absolute Gasteiger partial charge is 0.435 e. The van der Waals surface area contributed by atoms with E-state index in [9.17, 15) is 13.6 Å². The highest BCUT2D eigenvalue weighted by Gasteiger charge is 2.10. The number of alkyl halides is 2. The summed E-state index contributed by atoms with van der Waals surface area (Å²) in [6.45, 7) is -2.40. The topological polar surface area (TPSA) is 29.5 Å². The summed E-state index contributed by atoms with van der Waals surface area (Å²) < 4.78 is 28.5. The average Bonchev–Trinajstić information content (AvgIpc) is 2.55. The summed E-state index contributed by atoms with van der Waals surface area (Å²) in [5.41, 5.74) is 1.99. The van der Waals surface area contributed by atoms with E-state index in [1.807, 2.05) is 30.3 Å². The molecule has 0 radical (unpaired) electrons. The lowest BCUT2D eigenvalue weighted by atomic mass is 10.1. The standard InChI is InChI=1S/C18H19F2NO2/c1-21(17(22)12-9-14-5-3-2-4-6-14)13-15-7-10-16(11-8-15)23-18(19)20/h2-8,10-11,18H,9,12-13H2,1H3. The third-order valence-corrected chi connectivity index (χ3v) is 3.46. The van der Waals surface area contributed by atoms with Gasteiger partial charge in [0.25, 0.3) is 0 Å². The average molecular weight is 319 g/mol. The third kappa shape index (κ3) is 5.70. The molecule has 0 aliphatic carbocycles. The van der Waals surface area contributed by atoms with Gasteiger partial charge in [0.15, 0.2) is 0 Å². The van der Waals surface area contributed by atoms with E-state index in [1.165, 1.54) is 12.1 Å². The molecule has 0 heterocycles. The molecule has 0 aliphatic heterocycles. The SMILES string of the molecule is CN(Cc1ccc(OC(F)F)cc1)C(=O)CCc1ccccc1. The van der Waals surface area contributed by atoms with E-state index in [0.717, 1.165) is 11.1 Å². The first-order valence-electron chi connectivity index (χ1n) is 7.36. The number of halogens is 2. The number of nitrogens with zero attached hydrogens (tertiary/aromatic N) is 1. The number of amides is 1. The molecule has 122 valence electrons. The van der Waals surface area contributed by atoms with Crippen molar-refractivity contribution in [2.45, 2.75) is 26.0 Å². The van der Waals surface area contributed by atoms with Gasteiger partial charge >= 0.3 is 6.61 Å². The van der Waals surface area contributed by atoms with Gasteiger partial charge in [-0.2, -0.15) is 8.78 Å². The summed E-state index contributed by atoms with van der Waals surface area (Å²) in [6.07, 6.45) is 1.14. The number of hydrogen-bond donors (Lipinski definition) is 0. The van der Waals surface area contributed by atoms with Gasteiger partial charge in [-0.1, -0.05) is 42.5 Å². The van der Waals surface area contributed by atoms with E-state index in [-0.39, 0.29) is 11.7 Å². The van der Waals surface area contributed by atoms with Crippen LogP contribution in [0.25, 0.3) is 0 Å². The molecule has 0 bridgehead atoms. The second-order valence-corrected chi connectivity index (χ2v) is 5.26. The van der Waals surface area contributed by atoms with Crippen molar-refractivity contribution in [1.29, 1.82) is 0 Å². The number of rotatable bonds is 7. The van der Waals surface area contributed by atoms with Crippen LogP contribution in [-0.4, -0.2) is 24.5 Å². The highest BCUT2D eigenvalue weighted by molar-refractivity contribution is 5.76. The van der Waals surface area contributed by atoms with E-state index in [4.69, 9.17) is 0 Å². The number of aryl methyl sites for hydroxylation is 1. The third-order valence-electron chi connectivity index (χ3n) is 3.46. The molecule has 0 saturated heterocycles. The molecule has 2 rings (SSSR count). The Kier molecular flexibility index (Phi) is 6.09. The maximum atomic E-state index is 12.1. The highest BCUT2D eigenvalue weighted by atomic mass is 19.3. The molecular weight excluding hydrogens is 300 g/mol. The Bertz CT molecular complexity index is 615. The summed E-state index contributed by atoms with van der Waals surface area (Å²) in [7, 11) is 1.73. The Morgan fingerprint density at radius 1 is 1.04 bits per heavy atom. The normalized spacial score (nSPS) is 10.6. The highest BCUT2D eigenvalue weighted by Crippen LogP contribution is 2.16. The van der Waals surface area contributed by atoms with Gasteiger partial charge < -0.3 is 9.64 Å². The number of ether oxygens (including phenoxy) is 1. The monoisotopic (exact) mass is 319 g/mol. The maximum Gasteiger partial charge on any atom is 0.387 e. The summed E-state index contributed by atoms with van der Waals surface area (Å²) in [5.74, 6) is 0.156. The van der Waals surface area contributed by atoms with Gasteiger partial charge in [0.2, 0.25) is 5.91 Å². The molecule has 1 amide bonds. The van der Waals surface area contributed by atoms with Gasteiger partial charge in [-0.05, 0) is 29.7 Å². The van der Waals surface area contributed by atoms with Gasteiger partial charge in [0.05, 0.1) is 0 Å². The second kappa shape index (κ2) is 8.27. The molecule has 23 heavy (non-hydrogen) atoms. The zero-order valence-corrected chi connectivity index (χ0v) is 12.9. The smallest absolute Gasteiger partial charge is 0.387 e. The van der Waals surface area contributed by atoms with Crippen LogP contribution < -0.4 is 4.74 Å². The number of hydrogen-bond acceptors (Lipinski definition) is 2. The summed E-state index contributed by atoms with van der Waals surface area (Å²) in [6, 6.07) is 16.1. The summed E-state index contributed by atoms with van der Waals surface area (Å²) >= 11 is 0. The Morgan fingerprint density at radius 3 is 2.30 bits per heavy atom. The minimum absolute atomic E-state index is 0.0433. The van der Waals surface area contributed by atoms with Crippen LogP contribution in [-0.2, 0) is 17.8 Å². The number of carbonyl (C=O) groups is 1. The fourth-order valence-electron chi connectivity index (χ4n) is 2.23. The fraction of sp³-hybridized carbons (Fsp3) is 0.278. The first-order valence-corrected chi connectivity index (χ1v) is 7.36. The first-order chi connectivity index (χ1) is 11.0. The van der Waals surface area contributed by atoms with Gasteiger partial charge in [-0.25, -0.2) is 0 Å². The minimum atomic E-state index is -2.83. The van der Waals surface area contributed by atoms with Crippen molar-refractivity contribution in [3.05, 3.63) is 65.7 Å². The quantitative estimate of drug-likeness (QED) is 0.775. The number of carbonyl (C=O) groups excluding carboxylic acids is 1. The van der Waals surface area contributed by atoms with Crippen molar-refractivity contribution < 1.29 is 18.3 Å². The molecule has 3 nitrogen and oxygen atoms in total. The lowest BCUT2D eigenvalue weighted by Gasteiger charge is -2.17. The lowest BCUT2D eigenvalue weighted by molar-refractivity contribution is -0.130.